The van der Waals surface area contributed by atoms with Crippen LogP contribution in [-0.2, 0) is 4.79 Å². The third-order valence-corrected chi connectivity index (χ3v) is 3.58. The van der Waals surface area contributed by atoms with Crippen LogP contribution >= 0.6 is 11.6 Å². The Hall–Kier alpha value is -0.380. The molecule has 1 saturated heterocycles. The smallest absolute Gasteiger partial charge is 0.254 e. The first-order chi connectivity index (χ1) is 6.64. The van der Waals surface area contributed by atoms with E-state index in [1.165, 1.54) is 4.90 Å². The summed E-state index contributed by atoms with van der Waals surface area (Å²) in [4.78, 5) is 13.1. The topological polar surface area (TPSA) is 20.3 Å². The van der Waals surface area contributed by atoms with Gasteiger partial charge < -0.3 is 4.90 Å². The van der Waals surface area contributed by atoms with Gasteiger partial charge in [-0.1, -0.05) is 0 Å². The fourth-order valence-electron chi connectivity index (χ4n) is 1.86. The predicted octanol–water partition coefficient (Wildman–Crippen LogP) is 2.65. The Morgan fingerprint density at radius 2 is 2.13 bits per heavy atom. The van der Waals surface area contributed by atoms with Crippen LogP contribution in [0.15, 0.2) is 0 Å². The van der Waals surface area contributed by atoms with Gasteiger partial charge in [0.2, 0.25) is 5.91 Å². The second-order valence-corrected chi connectivity index (χ2v) is 5.23. The van der Waals surface area contributed by atoms with Crippen molar-refractivity contribution in [2.75, 3.05) is 6.54 Å². The van der Waals surface area contributed by atoms with Crippen molar-refractivity contribution >= 4 is 17.5 Å². The van der Waals surface area contributed by atoms with Gasteiger partial charge in [-0.05, 0) is 27.2 Å². The molecule has 1 aliphatic heterocycles. The molecule has 0 bridgehead atoms. The fraction of sp³-hybridized carbons (Fsp3) is 0.900. The van der Waals surface area contributed by atoms with Crippen molar-refractivity contribution in [3.05, 3.63) is 0 Å². The second kappa shape index (κ2) is 3.89. The molecule has 1 unspecified atom stereocenters. The van der Waals surface area contributed by atoms with E-state index in [4.69, 9.17) is 11.6 Å². The lowest BCUT2D eigenvalue weighted by molar-refractivity contribution is -0.140. The molecule has 1 amide bonds. The number of carbonyl (C=O) groups is 1. The van der Waals surface area contributed by atoms with Gasteiger partial charge in [-0.15, -0.1) is 11.6 Å². The van der Waals surface area contributed by atoms with Gasteiger partial charge in [0.15, 0.2) is 0 Å². The molecule has 1 rings (SSSR count). The molecule has 0 N–H and O–H groups in total. The van der Waals surface area contributed by atoms with E-state index in [1.807, 2.05) is 13.8 Å². The number of carbonyl (C=O) groups excluding carboxylic acids is 1. The van der Waals surface area contributed by atoms with Crippen molar-refractivity contribution < 1.29 is 13.6 Å². The molecule has 15 heavy (non-hydrogen) atoms. The average Bonchev–Trinajstić information content (AvgIpc) is 2.23. The van der Waals surface area contributed by atoms with Gasteiger partial charge >= 0.3 is 0 Å². The van der Waals surface area contributed by atoms with Crippen LogP contribution in [0.5, 0.6) is 0 Å². The highest BCUT2D eigenvalue weighted by Gasteiger charge is 2.44. The lowest BCUT2D eigenvalue weighted by Gasteiger charge is -2.34. The zero-order chi connectivity index (χ0) is 11.9. The minimum atomic E-state index is -2.95. The summed E-state index contributed by atoms with van der Waals surface area (Å²) >= 11 is 6.03. The number of hydrogen-bond donors (Lipinski definition) is 0. The van der Waals surface area contributed by atoms with Gasteiger partial charge in [-0.25, -0.2) is 8.78 Å². The lowest BCUT2D eigenvalue weighted by Crippen LogP contribution is -2.47. The highest BCUT2D eigenvalue weighted by Crippen LogP contribution is 2.34. The minimum Gasteiger partial charge on any atom is -0.336 e. The Labute approximate surface area is 93.6 Å². The molecule has 0 aliphatic carbocycles. The third kappa shape index (κ3) is 2.80. The minimum absolute atomic E-state index is 0.160. The van der Waals surface area contributed by atoms with Crippen molar-refractivity contribution in [2.24, 2.45) is 0 Å². The first-order valence-corrected chi connectivity index (χ1v) is 5.40. The van der Waals surface area contributed by atoms with E-state index in [9.17, 15) is 13.6 Å². The van der Waals surface area contributed by atoms with E-state index in [0.29, 0.717) is 13.0 Å². The summed E-state index contributed by atoms with van der Waals surface area (Å²) in [5.74, 6) is -3.46. The summed E-state index contributed by atoms with van der Waals surface area (Å²) in [5.41, 5.74) is -0.524. The highest BCUT2D eigenvalue weighted by molar-refractivity contribution is 6.21. The molecule has 88 valence electrons. The zero-order valence-corrected chi connectivity index (χ0v) is 9.94. The molecule has 0 radical (unpaired) electrons. The number of alkyl halides is 3. The van der Waals surface area contributed by atoms with Crippen molar-refractivity contribution in [3.63, 3.8) is 0 Å². The van der Waals surface area contributed by atoms with Crippen LogP contribution < -0.4 is 0 Å². The Morgan fingerprint density at radius 3 is 2.47 bits per heavy atom. The van der Waals surface area contributed by atoms with E-state index in [0.717, 1.165) is 6.92 Å². The summed E-state index contributed by atoms with van der Waals surface area (Å²) in [6, 6.07) is 0. The van der Waals surface area contributed by atoms with E-state index in [1.54, 1.807) is 0 Å². The van der Waals surface area contributed by atoms with Crippen LogP contribution in [0.4, 0.5) is 8.78 Å². The van der Waals surface area contributed by atoms with Gasteiger partial charge in [-0.2, -0.15) is 0 Å². The quantitative estimate of drug-likeness (QED) is 0.679. The van der Waals surface area contributed by atoms with Gasteiger partial charge in [0.1, 0.15) is 0 Å². The normalized spacial score (nSPS) is 25.7. The molecule has 2 nitrogen and oxygen atoms in total. The second-order valence-electron chi connectivity index (χ2n) is 4.70. The number of halogens is 3. The van der Waals surface area contributed by atoms with E-state index in [-0.39, 0.29) is 5.38 Å². The van der Waals surface area contributed by atoms with Crippen molar-refractivity contribution in [1.82, 2.24) is 4.90 Å². The Kier molecular flexibility index (Phi) is 3.29. The van der Waals surface area contributed by atoms with Crippen molar-refractivity contribution in [1.29, 1.82) is 0 Å². The Bertz CT molecular complexity index is 263. The standard InChI is InChI=1S/C10H16ClF2NO/c1-9(2)7(11)4-5-14(9)8(15)6-10(3,12)13/h7H,4-6H2,1-3H3. The number of rotatable bonds is 2. The number of likely N-dealkylation sites (tertiary alicyclic amines) is 1. The summed E-state index contributed by atoms with van der Waals surface area (Å²) in [5, 5.41) is -0.160. The van der Waals surface area contributed by atoms with Crippen LogP contribution in [-0.4, -0.2) is 34.2 Å². The van der Waals surface area contributed by atoms with Crippen LogP contribution in [0.2, 0.25) is 0 Å². The predicted molar refractivity (Wildman–Crippen MR) is 55.3 cm³/mol. The molecule has 1 aliphatic rings. The van der Waals surface area contributed by atoms with E-state index >= 15 is 0 Å². The first-order valence-electron chi connectivity index (χ1n) is 4.97. The summed E-state index contributed by atoms with van der Waals surface area (Å²) < 4.78 is 25.4. The number of hydrogen-bond acceptors (Lipinski definition) is 1. The van der Waals surface area contributed by atoms with Crippen LogP contribution in [0.3, 0.4) is 0 Å². The summed E-state index contributed by atoms with van der Waals surface area (Å²) in [6.07, 6.45) is -0.0738. The molecule has 5 heteroatoms. The highest BCUT2D eigenvalue weighted by atomic mass is 35.5. The molecule has 1 atom stereocenters. The average molecular weight is 240 g/mol. The Balaban J connectivity index is 2.70. The number of amides is 1. The van der Waals surface area contributed by atoms with Gasteiger partial charge in [0.25, 0.3) is 5.92 Å². The molecule has 0 aromatic carbocycles. The molecule has 0 spiro atoms. The molecule has 0 aromatic rings. The van der Waals surface area contributed by atoms with Gasteiger partial charge in [-0.3, -0.25) is 4.79 Å². The van der Waals surface area contributed by atoms with Crippen molar-refractivity contribution in [2.45, 2.75) is 50.5 Å². The van der Waals surface area contributed by atoms with E-state index < -0.39 is 23.8 Å². The maximum Gasteiger partial charge on any atom is 0.254 e. The molecule has 1 heterocycles. The maximum absolute atomic E-state index is 12.7. The molecular formula is C10H16ClF2NO. The molecule has 1 fully saturated rings. The third-order valence-electron chi connectivity index (χ3n) is 2.83. The summed E-state index contributed by atoms with van der Waals surface area (Å²) in [7, 11) is 0. The Morgan fingerprint density at radius 1 is 1.60 bits per heavy atom. The lowest BCUT2D eigenvalue weighted by atomic mass is 10.0. The van der Waals surface area contributed by atoms with E-state index in [2.05, 4.69) is 0 Å². The summed E-state index contributed by atoms with van der Waals surface area (Å²) in [6.45, 7) is 4.84. The molecular weight excluding hydrogens is 224 g/mol. The van der Waals surface area contributed by atoms with Crippen LogP contribution in [0, 0.1) is 0 Å². The monoisotopic (exact) mass is 239 g/mol. The first kappa shape index (κ1) is 12.7. The van der Waals surface area contributed by atoms with Crippen molar-refractivity contribution in [3.8, 4) is 0 Å². The zero-order valence-electron chi connectivity index (χ0n) is 9.19. The van der Waals surface area contributed by atoms with Crippen LogP contribution in [0.1, 0.15) is 33.6 Å². The SMILES string of the molecule is CC(F)(F)CC(=O)N1CCC(Cl)C1(C)C. The van der Waals surface area contributed by atoms with Gasteiger partial charge in [0, 0.05) is 6.54 Å². The van der Waals surface area contributed by atoms with Crippen LogP contribution in [0.25, 0.3) is 0 Å². The fourth-order valence-corrected chi connectivity index (χ4v) is 2.08. The van der Waals surface area contributed by atoms with Gasteiger partial charge in [0.05, 0.1) is 17.3 Å². The largest absolute Gasteiger partial charge is 0.336 e. The number of nitrogens with zero attached hydrogens (tertiary/aromatic N) is 1. The maximum atomic E-state index is 12.7. The molecule has 0 saturated carbocycles. The molecule has 0 aromatic heterocycles.